The van der Waals surface area contributed by atoms with Gasteiger partial charge in [0.05, 0.1) is 23.0 Å². The normalized spacial score (nSPS) is 14.3. The molecule has 32 heavy (non-hydrogen) atoms. The molecule has 1 fully saturated rings. The molecule has 0 radical (unpaired) electrons. The van der Waals surface area contributed by atoms with E-state index >= 15 is 0 Å². The van der Waals surface area contributed by atoms with Gasteiger partial charge in [0.15, 0.2) is 4.34 Å². The summed E-state index contributed by atoms with van der Waals surface area (Å²) in [6.45, 7) is 5.87. The molecule has 1 amide bonds. The third kappa shape index (κ3) is 5.71. The van der Waals surface area contributed by atoms with Gasteiger partial charge in [-0.1, -0.05) is 23.9 Å². The molecule has 2 heterocycles. The van der Waals surface area contributed by atoms with Crippen LogP contribution in [0.1, 0.15) is 21.6 Å². The van der Waals surface area contributed by atoms with Gasteiger partial charge >= 0.3 is 0 Å². The lowest BCUT2D eigenvalue weighted by Crippen LogP contribution is -2.35. The van der Waals surface area contributed by atoms with Crippen molar-refractivity contribution in [3.63, 3.8) is 0 Å². The minimum Gasteiger partial charge on any atom is -0.379 e. The molecule has 10 heteroatoms. The lowest BCUT2D eigenvalue weighted by Gasteiger charge is -2.26. The summed E-state index contributed by atoms with van der Waals surface area (Å²) in [7, 11) is 0. The summed E-state index contributed by atoms with van der Waals surface area (Å²) in [5, 5.41) is 16.4. The summed E-state index contributed by atoms with van der Waals surface area (Å²) in [6, 6.07) is 12.2. The number of hydrogen-bond donors (Lipinski definition) is 1. The van der Waals surface area contributed by atoms with Crippen molar-refractivity contribution in [1.29, 1.82) is 0 Å². The Hall–Kier alpha value is -2.79. The van der Waals surface area contributed by atoms with Crippen molar-refractivity contribution in [1.82, 2.24) is 9.88 Å². The minimum atomic E-state index is -0.470. The Morgan fingerprint density at radius 1 is 1.28 bits per heavy atom. The van der Waals surface area contributed by atoms with Gasteiger partial charge in [-0.2, -0.15) is 0 Å². The van der Waals surface area contributed by atoms with Gasteiger partial charge in [-0.15, -0.1) is 11.3 Å². The van der Waals surface area contributed by atoms with Crippen molar-refractivity contribution in [2.45, 2.75) is 22.7 Å². The van der Waals surface area contributed by atoms with Crippen molar-refractivity contribution in [2.24, 2.45) is 0 Å². The van der Waals surface area contributed by atoms with Gasteiger partial charge in [-0.3, -0.25) is 19.8 Å². The molecule has 166 valence electrons. The highest BCUT2D eigenvalue weighted by molar-refractivity contribution is 8.01. The molecule has 0 atom stereocenters. The number of nitro benzene ring substituents is 1. The third-order valence-corrected chi connectivity index (χ3v) is 7.03. The zero-order valence-electron chi connectivity index (χ0n) is 17.4. The number of morpholine rings is 1. The molecule has 0 saturated carbocycles. The summed E-state index contributed by atoms with van der Waals surface area (Å²) in [5.41, 5.74) is 2.72. The van der Waals surface area contributed by atoms with Gasteiger partial charge in [0.2, 0.25) is 0 Å². The second-order valence-corrected chi connectivity index (χ2v) is 9.49. The average Bonchev–Trinajstić information content (AvgIpc) is 3.19. The van der Waals surface area contributed by atoms with Crippen LogP contribution in [0.5, 0.6) is 0 Å². The summed E-state index contributed by atoms with van der Waals surface area (Å²) in [6.07, 6.45) is 0. The lowest BCUT2D eigenvalue weighted by atomic mass is 10.1. The van der Waals surface area contributed by atoms with Crippen LogP contribution in [0.25, 0.3) is 0 Å². The van der Waals surface area contributed by atoms with Gasteiger partial charge in [-0.05, 0) is 36.8 Å². The highest BCUT2D eigenvalue weighted by Crippen LogP contribution is 2.36. The fourth-order valence-corrected chi connectivity index (χ4v) is 5.21. The third-order valence-electron chi connectivity index (χ3n) is 4.91. The number of carbonyl (C=O) groups is 1. The van der Waals surface area contributed by atoms with E-state index in [4.69, 9.17) is 4.74 Å². The van der Waals surface area contributed by atoms with Crippen LogP contribution in [0.15, 0.2) is 57.1 Å². The first-order valence-corrected chi connectivity index (χ1v) is 11.8. The second-order valence-electron chi connectivity index (χ2n) is 7.34. The van der Waals surface area contributed by atoms with Crippen molar-refractivity contribution in [3.8, 4) is 0 Å². The molecule has 1 saturated heterocycles. The number of thiazole rings is 1. The van der Waals surface area contributed by atoms with Crippen molar-refractivity contribution >= 4 is 40.4 Å². The highest BCUT2D eigenvalue weighted by atomic mass is 32.2. The van der Waals surface area contributed by atoms with Crippen molar-refractivity contribution in [2.75, 3.05) is 31.6 Å². The van der Waals surface area contributed by atoms with E-state index in [0.29, 0.717) is 10.6 Å². The molecule has 1 aliphatic heterocycles. The zero-order chi connectivity index (χ0) is 22.5. The molecule has 1 aliphatic rings. The number of rotatable bonds is 7. The molecule has 0 unspecified atom stereocenters. The van der Waals surface area contributed by atoms with E-state index in [1.54, 1.807) is 12.1 Å². The zero-order valence-corrected chi connectivity index (χ0v) is 19.1. The van der Waals surface area contributed by atoms with Gasteiger partial charge < -0.3 is 10.1 Å². The second kappa shape index (κ2) is 10.2. The number of nitrogens with one attached hydrogen (secondary N) is 1. The molecule has 1 N–H and O–H groups in total. The molecular weight excluding hydrogens is 448 g/mol. The molecular formula is C22H22N4O4S2. The number of amides is 1. The van der Waals surface area contributed by atoms with Crippen molar-refractivity contribution < 1.29 is 14.5 Å². The van der Waals surface area contributed by atoms with E-state index in [9.17, 15) is 14.9 Å². The number of hydrogen-bond acceptors (Lipinski definition) is 8. The summed E-state index contributed by atoms with van der Waals surface area (Å²) >= 11 is 2.66. The van der Waals surface area contributed by atoms with Crippen LogP contribution in [0.4, 0.5) is 11.4 Å². The van der Waals surface area contributed by atoms with Crippen LogP contribution in [0.3, 0.4) is 0 Å². The molecule has 3 aromatic rings. The fraction of sp³-hybridized carbons (Fsp3) is 0.273. The Balaban J connectivity index is 1.47. The SMILES string of the molecule is Cc1csc(Sc2ccc(C(=O)Nc3cccc(CN4CCOCC4)c3)cc2[N+](=O)[O-])n1. The number of carbonyl (C=O) groups excluding carboxylic acids is 1. The maximum Gasteiger partial charge on any atom is 0.284 e. The monoisotopic (exact) mass is 470 g/mol. The van der Waals surface area contributed by atoms with E-state index in [2.05, 4.69) is 15.2 Å². The standard InChI is InChI=1S/C22H22N4O4S2/c1-15-14-31-22(23-15)32-20-6-5-17(12-19(20)26(28)29)21(27)24-18-4-2-3-16(11-18)13-25-7-9-30-10-8-25/h2-6,11-12,14H,7-10,13H2,1H3,(H,24,27). The van der Waals surface area contributed by atoms with Crippen LogP contribution in [-0.2, 0) is 11.3 Å². The molecule has 0 aliphatic carbocycles. The summed E-state index contributed by atoms with van der Waals surface area (Å²) in [5.74, 6) is -0.390. The Kier molecular flexibility index (Phi) is 7.15. The Bertz CT molecular complexity index is 1130. The quantitative estimate of drug-likeness (QED) is 0.398. The first kappa shape index (κ1) is 22.4. The number of aromatic nitrogens is 1. The fourth-order valence-electron chi connectivity index (χ4n) is 3.33. The molecule has 1 aromatic heterocycles. The van der Waals surface area contributed by atoms with E-state index in [0.717, 1.165) is 48.4 Å². The van der Waals surface area contributed by atoms with Gasteiger partial charge in [-0.25, -0.2) is 4.98 Å². The molecule has 8 nitrogen and oxygen atoms in total. The molecule has 4 rings (SSSR count). The average molecular weight is 471 g/mol. The van der Waals surface area contributed by atoms with Gasteiger partial charge in [0.1, 0.15) is 0 Å². The Morgan fingerprint density at radius 3 is 2.81 bits per heavy atom. The van der Waals surface area contributed by atoms with Gasteiger partial charge in [0.25, 0.3) is 11.6 Å². The Morgan fingerprint density at radius 2 is 2.09 bits per heavy atom. The first-order chi connectivity index (χ1) is 15.5. The number of aryl methyl sites for hydroxylation is 1. The van der Waals surface area contributed by atoms with E-state index in [1.807, 2.05) is 36.6 Å². The predicted molar refractivity (Wildman–Crippen MR) is 125 cm³/mol. The molecule has 0 spiro atoms. The Labute approximate surface area is 193 Å². The summed E-state index contributed by atoms with van der Waals surface area (Å²) < 4.78 is 6.10. The van der Waals surface area contributed by atoms with Crippen LogP contribution in [0.2, 0.25) is 0 Å². The lowest BCUT2D eigenvalue weighted by molar-refractivity contribution is -0.387. The minimum absolute atomic E-state index is 0.114. The van der Waals surface area contributed by atoms with E-state index in [1.165, 1.54) is 29.2 Å². The number of anilines is 1. The van der Waals surface area contributed by atoms with Crippen LogP contribution >= 0.6 is 23.1 Å². The molecule has 0 bridgehead atoms. The highest BCUT2D eigenvalue weighted by Gasteiger charge is 2.20. The summed E-state index contributed by atoms with van der Waals surface area (Å²) in [4.78, 5) is 31.0. The largest absolute Gasteiger partial charge is 0.379 e. The van der Waals surface area contributed by atoms with Crippen LogP contribution in [0, 0.1) is 17.0 Å². The van der Waals surface area contributed by atoms with Crippen LogP contribution < -0.4 is 5.32 Å². The van der Waals surface area contributed by atoms with E-state index in [-0.39, 0.29) is 11.3 Å². The maximum absolute atomic E-state index is 12.8. The predicted octanol–water partition coefficient (Wildman–Crippen LogP) is 4.60. The first-order valence-electron chi connectivity index (χ1n) is 10.1. The van der Waals surface area contributed by atoms with Crippen molar-refractivity contribution in [3.05, 3.63) is 74.8 Å². The number of nitrogens with zero attached hydrogens (tertiary/aromatic N) is 3. The number of ether oxygens (including phenoxy) is 1. The molecule has 2 aromatic carbocycles. The van der Waals surface area contributed by atoms with Crippen LogP contribution in [-0.4, -0.2) is 47.0 Å². The number of nitro groups is 1. The topological polar surface area (TPSA) is 97.6 Å². The maximum atomic E-state index is 12.8. The van der Waals surface area contributed by atoms with Gasteiger partial charge in [0, 0.05) is 48.0 Å². The van der Waals surface area contributed by atoms with E-state index < -0.39 is 10.8 Å². The number of benzene rings is 2. The smallest absolute Gasteiger partial charge is 0.284 e.